The van der Waals surface area contributed by atoms with Gasteiger partial charge in [-0.1, -0.05) is 20.8 Å². The molecule has 0 aromatic carbocycles. The molecule has 0 rings (SSSR count). The Hall–Kier alpha value is -7.22. The van der Waals surface area contributed by atoms with Gasteiger partial charge in [0.15, 0.2) is 0 Å². The molecule has 424 valence electrons. The van der Waals surface area contributed by atoms with Gasteiger partial charge in [-0.25, -0.2) is 0 Å². The van der Waals surface area contributed by atoms with Crippen molar-refractivity contribution in [2.45, 2.75) is 114 Å². The van der Waals surface area contributed by atoms with Gasteiger partial charge in [-0.3, -0.25) is 62.3 Å². The van der Waals surface area contributed by atoms with Gasteiger partial charge in [0.1, 0.15) is 0 Å². The van der Waals surface area contributed by atoms with Gasteiger partial charge >= 0.3 is 65.4 Å². The second-order valence-corrected chi connectivity index (χ2v) is 13.4. The maximum absolute atomic E-state index is 10.8. The largest absolute Gasteiger partial charge is 1.00 e. The van der Waals surface area contributed by atoms with Crippen LogP contribution in [0.2, 0.25) is 0 Å². The molecule has 0 aromatic heterocycles. The smallest absolute Gasteiger partial charge is 0.550 e. The Morgan fingerprint density at radius 1 is 0.473 bits per heavy atom. The first-order valence-corrected chi connectivity index (χ1v) is 21.5. The summed E-state index contributed by atoms with van der Waals surface area (Å²) in [6.07, 6.45) is 0.700. The zero-order valence-corrected chi connectivity index (χ0v) is 45.8. The van der Waals surface area contributed by atoms with Gasteiger partial charge in [0, 0.05) is 105 Å². The summed E-state index contributed by atoms with van der Waals surface area (Å²) in [7, 11) is 1.32. The van der Waals surface area contributed by atoms with Crippen LogP contribution < -0.4 is 71.9 Å². The van der Waals surface area contributed by atoms with Crippen LogP contribution >= 0.6 is 0 Å². The van der Waals surface area contributed by atoms with Crippen molar-refractivity contribution in [1.82, 2.24) is 37.2 Å². The van der Waals surface area contributed by atoms with Crippen LogP contribution in [0.15, 0.2) is 0 Å². The number of carboxylic acid groups (broad SMARTS) is 5. The number of hydrogen-bond acceptors (Lipinski definition) is 20. The summed E-state index contributed by atoms with van der Waals surface area (Å²) in [6, 6.07) is 0. The van der Waals surface area contributed by atoms with E-state index in [1.807, 2.05) is 0 Å². The summed E-state index contributed by atoms with van der Waals surface area (Å²) < 4.78 is 8.98. The normalized spacial score (nSPS) is 8.58. The van der Waals surface area contributed by atoms with Crippen molar-refractivity contribution in [3.05, 3.63) is 15.3 Å². The van der Waals surface area contributed by atoms with E-state index in [-0.39, 0.29) is 166 Å². The molecule has 0 saturated heterocycles. The number of carbonyl (C=O) groups is 14. The van der Waals surface area contributed by atoms with Gasteiger partial charge in [0.2, 0.25) is 41.4 Å². The molecule has 0 aliphatic heterocycles. The molecule has 33 heteroatoms. The third-order valence-electron chi connectivity index (χ3n) is 6.21. The van der Waals surface area contributed by atoms with E-state index in [4.69, 9.17) is 35.7 Å². The van der Waals surface area contributed by atoms with Gasteiger partial charge in [0.25, 0.3) is 0 Å². The number of methoxy groups -OCH3 is 1. The van der Waals surface area contributed by atoms with Crippen LogP contribution in [0.3, 0.4) is 0 Å². The predicted molar refractivity (Wildman–Crippen MR) is 251 cm³/mol. The van der Waals surface area contributed by atoms with Gasteiger partial charge in [-0.2, -0.15) is 0 Å². The number of amides is 7. The number of carbonyl (C=O) groups excluding carboxylic acids is 10. The quantitative estimate of drug-likeness (QED) is 0.0186. The first-order valence-electron chi connectivity index (χ1n) is 21.5. The van der Waals surface area contributed by atoms with Crippen molar-refractivity contribution in [3.63, 3.8) is 0 Å². The summed E-state index contributed by atoms with van der Waals surface area (Å²) in [5.74, 6) is -6.50. The monoisotopic (exact) mass is 1090 g/mol. The molecule has 0 bridgehead atoms. The van der Waals surface area contributed by atoms with Crippen molar-refractivity contribution in [3.8, 4) is 0 Å². The molecule has 0 heterocycles. The minimum atomic E-state index is -1.75. The Morgan fingerprint density at radius 3 is 0.959 bits per heavy atom. The summed E-state index contributed by atoms with van der Waals surface area (Å²) in [6.45, 7) is 15.9. The first kappa shape index (κ1) is 86.6. The zero-order chi connectivity index (χ0) is 58.9. The molecule has 0 spiro atoms. The van der Waals surface area contributed by atoms with E-state index in [0.717, 1.165) is 0 Å². The summed E-state index contributed by atoms with van der Waals surface area (Å²) in [4.78, 5) is 151. The summed E-state index contributed by atoms with van der Waals surface area (Å²) in [5, 5.41) is 73.9. The van der Waals surface area contributed by atoms with Crippen molar-refractivity contribution < 1.29 is 137 Å². The fourth-order valence-electron chi connectivity index (χ4n) is 2.98. The molecule has 32 nitrogen and oxygen atoms in total. The van der Waals surface area contributed by atoms with Crippen LogP contribution in [0.25, 0.3) is 0 Å². The molecule has 0 aliphatic rings. The van der Waals surface area contributed by atoms with Crippen LogP contribution in [0.4, 0.5) is 0 Å². The van der Waals surface area contributed by atoms with E-state index in [1.165, 1.54) is 41.7 Å². The van der Waals surface area contributed by atoms with Crippen LogP contribution in [-0.2, 0) is 76.6 Å². The van der Waals surface area contributed by atoms with Gasteiger partial charge in [-0.15, -0.1) is 0 Å². The molecule has 74 heavy (non-hydrogen) atoms. The SMILES string of the molecule is CC(=O)NCCC(=O)O.CC(=O)NCCC(=O)O.CC(=O)NCCC(=O)[O-].CC(C)C(=O)NCCC(=O)O.CCC(=O)NCCC(=O)O.CCOC(=O)CCNC(C)=O.COC(=O)CCNC(C)=O.O=[N+]([O-])[O-].[Na+]. The number of nitrogens with one attached hydrogen (secondary N) is 7. The fraction of sp³-hybridized carbons (Fsp3) is 0.659. The average molecular weight is 1090 g/mol. The number of nitrogens with zero attached hydrogens (tertiary/aromatic N) is 1. The molecule has 0 radical (unpaired) electrons. The minimum Gasteiger partial charge on any atom is -0.550 e. The molecular weight excluding hydrogens is 1010 g/mol. The molecule has 0 aliphatic carbocycles. The Kier molecular flexibility index (Phi) is 74.6. The number of aliphatic carboxylic acids is 5. The Morgan fingerprint density at radius 2 is 0.730 bits per heavy atom. The third-order valence-corrected chi connectivity index (χ3v) is 6.21. The van der Waals surface area contributed by atoms with E-state index in [0.29, 0.717) is 26.1 Å². The fourth-order valence-corrected chi connectivity index (χ4v) is 2.98. The summed E-state index contributed by atoms with van der Waals surface area (Å²) in [5.41, 5.74) is 0. The van der Waals surface area contributed by atoms with Crippen LogP contribution in [-0.4, -0.2) is 168 Å². The van der Waals surface area contributed by atoms with Crippen molar-refractivity contribution in [2.24, 2.45) is 5.92 Å². The third kappa shape index (κ3) is 126. The average Bonchev–Trinajstić information content (AvgIpc) is 3.23. The molecule has 0 saturated carbocycles. The van der Waals surface area contributed by atoms with Crippen LogP contribution in [0.1, 0.15) is 114 Å². The molecule has 11 N–H and O–H groups in total. The zero-order valence-electron chi connectivity index (χ0n) is 43.8. The van der Waals surface area contributed by atoms with Gasteiger partial charge < -0.3 is 92.3 Å². The molecule has 7 amide bonds. The summed E-state index contributed by atoms with van der Waals surface area (Å²) >= 11 is 0. The van der Waals surface area contributed by atoms with E-state index < -0.39 is 34.9 Å². The Bertz CT molecular complexity index is 1520. The van der Waals surface area contributed by atoms with Crippen molar-refractivity contribution in [1.29, 1.82) is 0 Å². The van der Waals surface area contributed by atoms with Crippen molar-refractivity contribution in [2.75, 3.05) is 59.5 Å². The van der Waals surface area contributed by atoms with E-state index >= 15 is 0 Å². The molecule has 0 fully saturated rings. The maximum atomic E-state index is 10.8. The van der Waals surface area contributed by atoms with E-state index in [9.17, 15) is 72.2 Å². The predicted octanol–water partition coefficient (Wildman–Crippen LogP) is -5.80. The van der Waals surface area contributed by atoms with Crippen LogP contribution in [0, 0.1) is 21.2 Å². The number of esters is 2. The van der Waals surface area contributed by atoms with Crippen LogP contribution in [0.5, 0.6) is 0 Å². The standard InChI is InChI=1S/2C7H13NO3.2C6H11NO3.3C5H9NO3.NO3.Na/c1-5(2)7(11)8-4-3-6(9)10;1-3-11-7(10)4-5-8-6(2)9;1-5(8)7-4-3-6(9)10-2;1-2-5(8)7-4-3-6(9)10;3*1-4(7)6-3-2-5(8)9;2-1(3)4;/h5H,3-4H2,1-2H3,(H,8,11)(H,9,10);3-5H2,1-2H3,(H,8,9);3-4H2,1-2H3,(H,7,8);2-4H2,1H3,(H,7,8)(H,9,10);3*2-3H2,1H3,(H,6,7)(H,8,9);;/q;;;;;;;-1;+1/p-1. The van der Waals surface area contributed by atoms with Gasteiger partial charge in [0.05, 0.1) is 57.3 Å². The number of rotatable bonds is 24. The Labute approximate surface area is 450 Å². The molecule has 0 aromatic rings. The number of carboxylic acids is 5. The van der Waals surface area contributed by atoms with E-state index in [1.54, 1.807) is 27.7 Å². The topological polar surface area (TPSA) is 512 Å². The molecule has 0 atom stereocenters. The van der Waals surface area contributed by atoms with E-state index in [2.05, 4.69) is 46.7 Å². The molecular formula is C41H74N8NaO24-. The first-order chi connectivity index (χ1) is 33.6. The number of hydrogen-bond donors (Lipinski definition) is 11. The second-order valence-electron chi connectivity index (χ2n) is 13.4. The van der Waals surface area contributed by atoms with Crippen molar-refractivity contribution >= 4 is 83.1 Å². The molecule has 0 unspecified atom stereocenters. The van der Waals surface area contributed by atoms with Gasteiger partial charge in [-0.05, 0) is 6.92 Å². The second kappa shape index (κ2) is 63.8. The number of ether oxygens (including phenoxy) is 2. The Balaban J connectivity index is -0.0000000939. The maximum Gasteiger partial charge on any atom is 1.00 e. The minimum absolute atomic E-state index is 0.